The van der Waals surface area contributed by atoms with Crippen LogP contribution in [-0.4, -0.2) is 15.7 Å². The Bertz CT molecular complexity index is 373. The molecule has 2 rings (SSSR count). The number of hydrogen-bond donors (Lipinski definition) is 0. The van der Waals surface area contributed by atoms with Crippen molar-refractivity contribution < 1.29 is 0 Å². The summed E-state index contributed by atoms with van der Waals surface area (Å²) in [4.78, 5) is 0. The molecule has 0 radical (unpaired) electrons. The van der Waals surface area contributed by atoms with Crippen molar-refractivity contribution >= 4 is 45.1 Å². The third-order valence-corrected chi connectivity index (χ3v) is 4.41. The lowest BCUT2D eigenvalue weighted by atomic mass is 10.2. The third-order valence-electron chi connectivity index (χ3n) is 1.61. The van der Waals surface area contributed by atoms with Gasteiger partial charge in [0.15, 0.2) is 4.38 Å². The largest absolute Gasteiger partial charge is 0.200 e. The summed E-state index contributed by atoms with van der Waals surface area (Å²) in [5.41, 5.74) is 1.13. The number of hydrogen-bond acceptors (Lipinski definition) is 5. The van der Waals surface area contributed by atoms with E-state index in [1.165, 1.54) is 23.9 Å². The van der Waals surface area contributed by atoms with Gasteiger partial charge in [-0.1, -0.05) is 30.3 Å². The summed E-state index contributed by atoms with van der Waals surface area (Å²) < 4.78 is 9.74. The van der Waals surface area contributed by atoms with Crippen LogP contribution < -0.4 is 0 Å². The van der Waals surface area contributed by atoms with E-state index >= 15 is 0 Å². The summed E-state index contributed by atoms with van der Waals surface area (Å²) in [7, 11) is 0. The summed E-state index contributed by atoms with van der Waals surface area (Å²) in [6.45, 7) is 0. The Morgan fingerprint density at radius 1 is 1.07 bits per heavy atom. The number of benzene rings is 1. The molecule has 0 saturated heterocycles. The molecule has 1 heterocycles. The molecule has 0 amide bonds. The van der Waals surface area contributed by atoms with Crippen molar-refractivity contribution in [1.29, 1.82) is 0 Å². The molecule has 72 valence electrons. The van der Waals surface area contributed by atoms with Crippen LogP contribution in [0.3, 0.4) is 0 Å². The smallest absolute Gasteiger partial charge is 0.160 e. The van der Waals surface area contributed by atoms with Crippen LogP contribution >= 0.6 is 35.7 Å². The third kappa shape index (κ3) is 2.34. The van der Waals surface area contributed by atoms with E-state index < -0.39 is 0 Å². The highest BCUT2D eigenvalue weighted by molar-refractivity contribution is 8.39. The molecule has 5 heteroatoms. The Morgan fingerprint density at radius 2 is 1.86 bits per heavy atom. The molecule has 0 atom stereocenters. The van der Waals surface area contributed by atoms with Gasteiger partial charge in [-0.25, -0.2) is 0 Å². The lowest BCUT2D eigenvalue weighted by Gasteiger charge is -2.07. The highest BCUT2D eigenvalue weighted by atomic mass is 32.2. The van der Waals surface area contributed by atoms with Gasteiger partial charge in [0.1, 0.15) is 5.04 Å². The standard InChI is InChI=1S/C9H8N2S3/c1-12-9-11-13-8(10-14-9)7-5-3-2-4-6-7/h2-6H,1H3. The van der Waals surface area contributed by atoms with Crippen LogP contribution in [0.2, 0.25) is 0 Å². The van der Waals surface area contributed by atoms with E-state index in [2.05, 4.69) is 8.80 Å². The fourth-order valence-corrected chi connectivity index (χ4v) is 2.93. The van der Waals surface area contributed by atoms with Crippen LogP contribution in [0, 0.1) is 0 Å². The zero-order chi connectivity index (χ0) is 9.80. The van der Waals surface area contributed by atoms with Crippen molar-refractivity contribution in [1.82, 2.24) is 0 Å². The van der Waals surface area contributed by atoms with Crippen molar-refractivity contribution in [3.05, 3.63) is 35.9 Å². The van der Waals surface area contributed by atoms with E-state index in [1.54, 1.807) is 11.8 Å². The number of rotatable bonds is 1. The van der Waals surface area contributed by atoms with Crippen molar-refractivity contribution in [2.75, 3.05) is 6.26 Å². The molecule has 0 aromatic heterocycles. The topological polar surface area (TPSA) is 24.7 Å². The molecular formula is C9H8N2S3. The average molecular weight is 240 g/mol. The number of thioether (sulfide) groups is 1. The second-order valence-corrected chi connectivity index (χ2v) is 5.06. The summed E-state index contributed by atoms with van der Waals surface area (Å²) >= 11 is 4.52. The number of nitrogens with zero attached hydrogens (tertiary/aromatic N) is 2. The summed E-state index contributed by atoms with van der Waals surface area (Å²) in [5.74, 6) is 0. The van der Waals surface area contributed by atoms with Gasteiger partial charge in [-0.2, -0.15) is 8.80 Å². The normalized spacial score (nSPS) is 16.1. The quantitative estimate of drug-likeness (QED) is 0.703. The lowest BCUT2D eigenvalue weighted by molar-refractivity contribution is 1.66. The zero-order valence-corrected chi connectivity index (χ0v) is 9.96. The molecular weight excluding hydrogens is 232 g/mol. The van der Waals surface area contributed by atoms with Crippen molar-refractivity contribution in [2.24, 2.45) is 8.80 Å². The van der Waals surface area contributed by atoms with E-state index in [-0.39, 0.29) is 0 Å². The first-order chi connectivity index (χ1) is 6.90. The van der Waals surface area contributed by atoms with E-state index in [4.69, 9.17) is 0 Å². The van der Waals surface area contributed by atoms with E-state index in [1.807, 2.05) is 36.6 Å². The molecule has 0 spiro atoms. The fraction of sp³-hybridized carbons (Fsp3) is 0.111. The van der Waals surface area contributed by atoms with Crippen LogP contribution in [0.5, 0.6) is 0 Å². The van der Waals surface area contributed by atoms with Crippen molar-refractivity contribution in [3.63, 3.8) is 0 Å². The molecule has 0 aliphatic carbocycles. The Kier molecular flexibility index (Phi) is 3.55. The maximum absolute atomic E-state index is 4.40. The van der Waals surface area contributed by atoms with Gasteiger partial charge >= 0.3 is 0 Å². The van der Waals surface area contributed by atoms with Gasteiger partial charge in [-0.15, -0.1) is 11.8 Å². The van der Waals surface area contributed by atoms with Crippen LogP contribution in [0.25, 0.3) is 0 Å². The minimum atomic E-state index is 0.980. The van der Waals surface area contributed by atoms with Gasteiger partial charge in [0.05, 0.1) is 0 Å². The minimum Gasteiger partial charge on any atom is -0.200 e. The Hall–Kier alpha value is -0.390. The molecule has 0 fully saturated rings. The van der Waals surface area contributed by atoms with Gasteiger partial charge in [-0.05, 0) is 6.26 Å². The highest BCUT2D eigenvalue weighted by Gasteiger charge is 2.11. The summed E-state index contributed by atoms with van der Waals surface area (Å²) in [6, 6.07) is 10.1. The molecule has 0 bridgehead atoms. The second kappa shape index (κ2) is 4.91. The van der Waals surface area contributed by atoms with E-state index in [0.29, 0.717) is 0 Å². The summed E-state index contributed by atoms with van der Waals surface area (Å²) in [5, 5.41) is 0.980. The first kappa shape index (κ1) is 10.1. The van der Waals surface area contributed by atoms with Gasteiger partial charge in [0, 0.05) is 29.5 Å². The van der Waals surface area contributed by atoms with Crippen molar-refractivity contribution in [2.45, 2.75) is 0 Å². The Balaban J connectivity index is 2.13. The lowest BCUT2D eigenvalue weighted by Crippen LogP contribution is -1.97. The van der Waals surface area contributed by atoms with Crippen molar-refractivity contribution in [3.8, 4) is 0 Å². The Morgan fingerprint density at radius 3 is 2.43 bits per heavy atom. The van der Waals surface area contributed by atoms with Gasteiger partial charge < -0.3 is 0 Å². The van der Waals surface area contributed by atoms with Crippen LogP contribution in [-0.2, 0) is 0 Å². The van der Waals surface area contributed by atoms with Gasteiger partial charge in [0.25, 0.3) is 0 Å². The molecule has 0 unspecified atom stereocenters. The fourth-order valence-electron chi connectivity index (χ4n) is 0.955. The molecule has 0 saturated carbocycles. The SMILES string of the molecule is CSC1=NSC(c2ccccc2)=NS1. The molecule has 1 aliphatic rings. The predicted octanol–water partition coefficient (Wildman–Crippen LogP) is 3.46. The minimum absolute atomic E-state index is 0.980. The maximum Gasteiger partial charge on any atom is 0.160 e. The van der Waals surface area contributed by atoms with Crippen LogP contribution in [0.15, 0.2) is 39.1 Å². The van der Waals surface area contributed by atoms with Crippen LogP contribution in [0.4, 0.5) is 0 Å². The van der Waals surface area contributed by atoms with Gasteiger partial charge in [-0.3, -0.25) is 0 Å². The maximum atomic E-state index is 4.40. The zero-order valence-electron chi connectivity index (χ0n) is 7.51. The molecule has 2 nitrogen and oxygen atoms in total. The first-order valence-corrected chi connectivity index (χ1v) is 6.77. The molecule has 1 aliphatic heterocycles. The van der Waals surface area contributed by atoms with E-state index in [9.17, 15) is 0 Å². The average Bonchev–Trinajstić information content (AvgIpc) is 2.30. The summed E-state index contributed by atoms with van der Waals surface area (Å²) in [6.07, 6.45) is 2.01. The molecule has 0 N–H and O–H groups in total. The molecule has 1 aromatic rings. The van der Waals surface area contributed by atoms with Gasteiger partial charge in [0.2, 0.25) is 0 Å². The molecule has 1 aromatic carbocycles. The predicted molar refractivity (Wildman–Crippen MR) is 69.1 cm³/mol. The Labute approximate surface area is 96.0 Å². The van der Waals surface area contributed by atoms with Crippen LogP contribution in [0.1, 0.15) is 5.56 Å². The monoisotopic (exact) mass is 240 g/mol. The van der Waals surface area contributed by atoms with E-state index in [0.717, 1.165) is 15.0 Å². The molecule has 14 heavy (non-hydrogen) atoms. The first-order valence-electron chi connectivity index (χ1n) is 3.99. The highest BCUT2D eigenvalue weighted by Crippen LogP contribution is 2.29. The second-order valence-electron chi connectivity index (χ2n) is 2.51.